The summed E-state index contributed by atoms with van der Waals surface area (Å²) < 4.78 is 4.52. The third-order valence-corrected chi connectivity index (χ3v) is 3.68. The number of benzene rings is 1. The van der Waals surface area contributed by atoms with Crippen molar-refractivity contribution in [1.29, 1.82) is 0 Å². The molecule has 1 rings (SSSR count). The summed E-state index contributed by atoms with van der Waals surface area (Å²) >= 11 is 13.1. The van der Waals surface area contributed by atoms with E-state index in [0.29, 0.717) is 15.8 Å². The van der Waals surface area contributed by atoms with Crippen molar-refractivity contribution in [2.75, 3.05) is 12.9 Å². The SMILES string of the molecule is COC(=O)[C@@H](N)CSc1ccc(Cl)c(Cl)c1.Cl. The molecule has 0 aromatic heterocycles. The largest absolute Gasteiger partial charge is 0.468 e. The smallest absolute Gasteiger partial charge is 0.323 e. The maximum absolute atomic E-state index is 11.0. The highest BCUT2D eigenvalue weighted by Crippen LogP contribution is 2.28. The minimum atomic E-state index is -0.635. The molecule has 2 N–H and O–H groups in total. The van der Waals surface area contributed by atoms with Crippen LogP contribution < -0.4 is 5.73 Å². The Balaban J connectivity index is 0.00000256. The van der Waals surface area contributed by atoms with Crippen LogP contribution in [0.1, 0.15) is 0 Å². The second kappa shape index (κ2) is 8.06. The molecule has 1 atom stereocenters. The molecule has 0 saturated carbocycles. The molecule has 0 amide bonds. The quantitative estimate of drug-likeness (QED) is 0.685. The lowest BCUT2D eigenvalue weighted by Gasteiger charge is -2.08. The summed E-state index contributed by atoms with van der Waals surface area (Å²) in [5.41, 5.74) is 5.59. The van der Waals surface area contributed by atoms with E-state index in [1.165, 1.54) is 18.9 Å². The van der Waals surface area contributed by atoms with Crippen molar-refractivity contribution in [2.24, 2.45) is 5.73 Å². The summed E-state index contributed by atoms with van der Waals surface area (Å²) in [6.45, 7) is 0. The van der Waals surface area contributed by atoms with Gasteiger partial charge >= 0.3 is 5.97 Å². The monoisotopic (exact) mass is 315 g/mol. The van der Waals surface area contributed by atoms with Gasteiger partial charge in [-0.15, -0.1) is 24.2 Å². The number of carbonyl (C=O) groups excluding carboxylic acids is 1. The second-order valence-electron chi connectivity index (χ2n) is 3.02. The summed E-state index contributed by atoms with van der Waals surface area (Å²) in [5.74, 6) is 0.0116. The Morgan fingerprint density at radius 2 is 2.12 bits per heavy atom. The third kappa shape index (κ3) is 5.36. The maximum atomic E-state index is 11.0. The number of thioether (sulfide) groups is 1. The van der Waals surface area contributed by atoms with Gasteiger partial charge in [0, 0.05) is 10.6 Å². The van der Waals surface area contributed by atoms with E-state index in [4.69, 9.17) is 28.9 Å². The molecule has 0 unspecified atom stereocenters. The van der Waals surface area contributed by atoms with Crippen LogP contribution >= 0.6 is 47.4 Å². The van der Waals surface area contributed by atoms with Gasteiger partial charge in [0.1, 0.15) is 6.04 Å². The summed E-state index contributed by atoms with van der Waals surface area (Å²) in [6.07, 6.45) is 0. The zero-order valence-electron chi connectivity index (χ0n) is 8.98. The zero-order chi connectivity index (χ0) is 12.1. The Morgan fingerprint density at radius 3 is 2.65 bits per heavy atom. The van der Waals surface area contributed by atoms with Crippen LogP contribution in [0.3, 0.4) is 0 Å². The van der Waals surface area contributed by atoms with E-state index in [-0.39, 0.29) is 12.4 Å². The highest BCUT2D eigenvalue weighted by atomic mass is 35.5. The Bertz CT molecular complexity index is 390. The number of hydrogen-bond donors (Lipinski definition) is 1. The minimum Gasteiger partial charge on any atom is -0.468 e. The highest BCUT2D eigenvalue weighted by Gasteiger charge is 2.13. The first-order chi connectivity index (χ1) is 7.54. The summed E-state index contributed by atoms with van der Waals surface area (Å²) in [6, 6.07) is 4.63. The Morgan fingerprint density at radius 1 is 1.47 bits per heavy atom. The Hall–Kier alpha value is -0.130. The molecule has 0 heterocycles. The van der Waals surface area contributed by atoms with Gasteiger partial charge in [-0.1, -0.05) is 23.2 Å². The second-order valence-corrected chi connectivity index (χ2v) is 4.92. The summed E-state index contributed by atoms with van der Waals surface area (Å²) in [5, 5.41) is 0.988. The van der Waals surface area contributed by atoms with E-state index < -0.39 is 12.0 Å². The molecular weight excluding hydrogens is 305 g/mol. The number of rotatable bonds is 4. The average Bonchev–Trinajstić information content (AvgIpc) is 2.29. The van der Waals surface area contributed by atoms with Gasteiger partial charge in [0.15, 0.2) is 0 Å². The first-order valence-corrected chi connectivity index (χ1v) is 6.20. The molecule has 7 heteroatoms. The predicted molar refractivity (Wildman–Crippen MR) is 74.4 cm³/mol. The van der Waals surface area contributed by atoms with Crippen molar-refractivity contribution in [3.8, 4) is 0 Å². The van der Waals surface area contributed by atoms with Crippen molar-refractivity contribution in [3.63, 3.8) is 0 Å². The number of carbonyl (C=O) groups is 1. The van der Waals surface area contributed by atoms with E-state index >= 15 is 0 Å². The van der Waals surface area contributed by atoms with Crippen LogP contribution in [0.25, 0.3) is 0 Å². The van der Waals surface area contributed by atoms with E-state index in [1.807, 2.05) is 6.07 Å². The van der Waals surface area contributed by atoms with Gasteiger partial charge in [0.2, 0.25) is 0 Å². The number of halogens is 3. The molecule has 0 spiro atoms. The van der Waals surface area contributed by atoms with Gasteiger partial charge in [-0.25, -0.2) is 0 Å². The first kappa shape index (κ1) is 16.9. The summed E-state index contributed by atoms with van der Waals surface area (Å²) in [4.78, 5) is 12.0. The average molecular weight is 317 g/mol. The normalized spacial score (nSPS) is 11.5. The van der Waals surface area contributed by atoms with Crippen LogP contribution in [-0.2, 0) is 9.53 Å². The van der Waals surface area contributed by atoms with Crippen molar-refractivity contribution in [1.82, 2.24) is 0 Å². The van der Waals surface area contributed by atoms with E-state index in [1.54, 1.807) is 12.1 Å². The molecule has 0 fully saturated rings. The van der Waals surface area contributed by atoms with Gasteiger partial charge in [0.05, 0.1) is 17.2 Å². The molecular formula is C10H12Cl3NO2S. The van der Waals surface area contributed by atoms with Gasteiger partial charge in [-0.05, 0) is 18.2 Å². The highest BCUT2D eigenvalue weighted by molar-refractivity contribution is 7.99. The van der Waals surface area contributed by atoms with Crippen LogP contribution in [0.2, 0.25) is 10.0 Å². The fourth-order valence-corrected chi connectivity index (χ4v) is 2.21. The zero-order valence-corrected chi connectivity index (χ0v) is 12.1. The van der Waals surface area contributed by atoms with Crippen molar-refractivity contribution >= 4 is 53.3 Å². The molecule has 1 aromatic carbocycles. The van der Waals surface area contributed by atoms with Gasteiger partial charge in [-0.2, -0.15) is 0 Å². The van der Waals surface area contributed by atoms with E-state index in [0.717, 1.165) is 4.90 Å². The molecule has 0 radical (unpaired) electrons. The lowest BCUT2D eigenvalue weighted by atomic mass is 10.4. The van der Waals surface area contributed by atoms with E-state index in [2.05, 4.69) is 4.74 Å². The number of hydrogen-bond acceptors (Lipinski definition) is 4. The molecule has 0 aliphatic rings. The third-order valence-electron chi connectivity index (χ3n) is 1.82. The van der Waals surface area contributed by atoms with Gasteiger partial charge in [0.25, 0.3) is 0 Å². The molecule has 0 saturated heterocycles. The number of nitrogens with two attached hydrogens (primary N) is 1. The minimum absolute atomic E-state index is 0. The molecule has 0 aliphatic heterocycles. The van der Waals surface area contributed by atoms with Crippen LogP contribution in [0.5, 0.6) is 0 Å². The predicted octanol–water partition coefficient (Wildman–Crippen LogP) is 3.01. The number of ether oxygens (including phenoxy) is 1. The topological polar surface area (TPSA) is 52.3 Å². The van der Waals surface area contributed by atoms with Crippen LogP contribution in [0.4, 0.5) is 0 Å². The molecule has 17 heavy (non-hydrogen) atoms. The fourth-order valence-electron chi connectivity index (χ4n) is 0.972. The standard InChI is InChI=1S/C10H11Cl2NO2S.ClH/c1-15-10(14)9(13)5-16-6-2-3-7(11)8(12)4-6;/h2-4,9H,5,13H2,1H3;1H/t9-;/m0./s1. The lowest BCUT2D eigenvalue weighted by Crippen LogP contribution is -2.33. The Labute approximate surface area is 120 Å². The van der Waals surface area contributed by atoms with Crippen molar-refractivity contribution < 1.29 is 9.53 Å². The molecule has 0 bridgehead atoms. The van der Waals surface area contributed by atoms with Crippen LogP contribution in [0, 0.1) is 0 Å². The molecule has 1 aromatic rings. The Kier molecular flexibility index (Phi) is 8.00. The van der Waals surface area contributed by atoms with Gasteiger partial charge in [-0.3, -0.25) is 4.79 Å². The number of methoxy groups -OCH3 is 1. The van der Waals surface area contributed by atoms with Gasteiger partial charge < -0.3 is 10.5 Å². The fraction of sp³-hybridized carbons (Fsp3) is 0.300. The molecule has 96 valence electrons. The van der Waals surface area contributed by atoms with Crippen molar-refractivity contribution in [3.05, 3.63) is 28.2 Å². The van der Waals surface area contributed by atoms with Crippen LogP contribution in [0.15, 0.2) is 23.1 Å². The maximum Gasteiger partial charge on any atom is 0.323 e. The van der Waals surface area contributed by atoms with Crippen molar-refractivity contribution in [2.45, 2.75) is 10.9 Å². The van der Waals surface area contributed by atoms with E-state index in [9.17, 15) is 4.79 Å². The number of esters is 1. The lowest BCUT2D eigenvalue weighted by molar-refractivity contribution is -0.141. The molecule has 0 aliphatic carbocycles. The summed E-state index contributed by atoms with van der Waals surface area (Å²) in [7, 11) is 1.31. The first-order valence-electron chi connectivity index (χ1n) is 4.46. The van der Waals surface area contributed by atoms with Crippen LogP contribution in [-0.4, -0.2) is 24.9 Å². The molecule has 3 nitrogen and oxygen atoms in total.